The fraction of sp³-hybridized carbons (Fsp3) is 0.818. The van der Waals surface area contributed by atoms with Crippen molar-refractivity contribution in [3.05, 3.63) is 0 Å². The molecule has 1 aliphatic rings. The zero-order valence-corrected chi connectivity index (χ0v) is 12.1. The van der Waals surface area contributed by atoms with Gasteiger partial charge in [-0.2, -0.15) is 4.63 Å². The van der Waals surface area contributed by atoms with Crippen LogP contribution in [0.25, 0.3) is 0 Å². The Bertz CT molecular complexity index is 489. The van der Waals surface area contributed by atoms with Gasteiger partial charge < -0.3 is 19.4 Å². The topological polar surface area (TPSA) is 108 Å². The van der Waals surface area contributed by atoms with Crippen molar-refractivity contribution in [2.75, 3.05) is 18.1 Å². The van der Waals surface area contributed by atoms with E-state index in [9.17, 15) is 9.59 Å². The Morgan fingerprint density at radius 2 is 2.00 bits per heavy atom. The van der Waals surface area contributed by atoms with Crippen LogP contribution in [-0.4, -0.2) is 52.7 Å². The molecule has 0 aliphatic carbocycles. The monoisotopic (exact) mass is 305 g/mol. The van der Waals surface area contributed by atoms with Gasteiger partial charge in [-0.25, -0.2) is 4.79 Å². The summed E-state index contributed by atoms with van der Waals surface area (Å²) in [6.07, 6.45) is -1.48. The Kier molecular flexibility index (Phi) is 4.34. The summed E-state index contributed by atoms with van der Waals surface area (Å²) in [6.45, 7) is 5.79. The van der Waals surface area contributed by atoms with E-state index in [1.807, 2.05) is 0 Å². The van der Waals surface area contributed by atoms with Crippen molar-refractivity contribution in [1.29, 1.82) is 0 Å². The van der Waals surface area contributed by atoms with Crippen LogP contribution in [0.15, 0.2) is 4.63 Å². The number of hydrogen-bond donors (Lipinski definition) is 1. The molecular weight excluding hydrogens is 286 g/mol. The predicted molar refractivity (Wildman–Crippen MR) is 67.1 cm³/mol. The summed E-state index contributed by atoms with van der Waals surface area (Å²) in [5.41, 5.74) is 0. The van der Waals surface area contributed by atoms with Crippen LogP contribution in [0.4, 0.5) is 4.79 Å². The molecule has 1 aromatic heterocycles. The van der Waals surface area contributed by atoms with Gasteiger partial charge in [-0.05, 0) is 20.3 Å². The Labute approximate surface area is 120 Å². The number of carbonyl (C=O) groups excluding carboxylic acids is 1. The van der Waals surface area contributed by atoms with Crippen LogP contribution in [0.2, 0.25) is 0 Å². The fourth-order valence-electron chi connectivity index (χ4n) is 1.86. The summed E-state index contributed by atoms with van der Waals surface area (Å²) in [5.74, 6) is -1.26. The molecule has 0 bridgehead atoms. The number of carbonyl (C=O) groups is 2. The Morgan fingerprint density at radius 1 is 1.29 bits per heavy atom. The fourth-order valence-corrected chi connectivity index (χ4v) is 1.86. The van der Waals surface area contributed by atoms with E-state index in [2.05, 4.69) is 0 Å². The van der Waals surface area contributed by atoms with E-state index in [0.29, 0.717) is 19.5 Å². The Morgan fingerprint density at radius 3 is 2.57 bits per heavy atom. The van der Waals surface area contributed by atoms with Gasteiger partial charge in [0, 0.05) is 18.4 Å². The highest BCUT2D eigenvalue weighted by Crippen LogP contribution is 2.16. The molecule has 10 heteroatoms. The lowest BCUT2D eigenvalue weighted by Gasteiger charge is -2.13. The van der Waals surface area contributed by atoms with E-state index in [0.717, 1.165) is 5.02 Å². The van der Waals surface area contributed by atoms with Gasteiger partial charge in [0.15, 0.2) is 0 Å². The molecule has 1 fully saturated rings. The van der Waals surface area contributed by atoms with Gasteiger partial charge in [0.2, 0.25) is 0 Å². The van der Waals surface area contributed by atoms with Gasteiger partial charge in [0.25, 0.3) is 6.29 Å². The molecule has 21 heavy (non-hydrogen) atoms. The number of hydrogen-bond acceptors (Lipinski definition) is 7. The molecule has 2 atom stereocenters. The summed E-state index contributed by atoms with van der Waals surface area (Å²) in [4.78, 5) is 28.5. The summed E-state index contributed by atoms with van der Waals surface area (Å²) in [6, 6.07) is 0. The zero-order valence-electron chi connectivity index (χ0n) is 12.1. The second-order valence-corrected chi connectivity index (χ2v) is 5.02. The van der Waals surface area contributed by atoms with Gasteiger partial charge in [-0.15, -0.1) is 0 Å². The summed E-state index contributed by atoms with van der Waals surface area (Å²) >= 11 is 0. The van der Waals surface area contributed by atoms with Crippen LogP contribution in [0.1, 0.15) is 27.2 Å². The molecule has 2 unspecified atom stereocenters. The van der Waals surface area contributed by atoms with Crippen LogP contribution < -0.4 is 9.85 Å². The minimum atomic E-state index is -0.904. The molecule has 2 rings (SSSR count). The van der Waals surface area contributed by atoms with Crippen molar-refractivity contribution in [2.45, 2.75) is 39.6 Å². The third kappa shape index (κ3) is 4.10. The SMILES string of the molecule is CC(C)OC(=O)OC(C)On1on1N1CCC(C(=O)O)C1. The van der Waals surface area contributed by atoms with E-state index >= 15 is 0 Å². The van der Waals surface area contributed by atoms with Crippen LogP contribution >= 0.6 is 0 Å². The van der Waals surface area contributed by atoms with E-state index < -0.39 is 24.3 Å². The van der Waals surface area contributed by atoms with Crippen LogP contribution in [-0.2, 0) is 14.3 Å². The molecule has 0 amide bonds. The first-order chi connectivity index (χ1) is 9.86. The first-order valence-electron chi connectivity index (χ1n) is 6.66. The average Bonchev–Trinajstić information content (AvgIpc) is 2.92. The van der Waals surface area contributed by atoms with Crippen LogP contribution in [0.5, 0.6) is 0 Å². The standard InChI is InChI=1S/C11H19N3O7/c1-7(2)18-11(17)19-8(3)20-14-13(21-14)12-5-4-9(6-12)10(15)16/h7-9H,4-6H2,1-3H3,(H,15,16). The van der Waals surface area contributed by atoms with Gasteiger partial charge in [0.1, 0.15) is 5.02 Å². The van der Waals surface area contributed by atoms with Gasteiger partial charge in [0.05, 0.1) is 18.6 Å². The van der Waals surface area contributed by atoms with Gasteiger partial charge in [-0.1, -0.05) is 0 Å². The van der Waals surface area contributed by atoms with Crippen LogP contribution in [0.3, 0.4) is 0 Å². The molecule has 10 nitrogen and oxygen atoms in total. The number of carboxylic acid groups (broad SMARTS) is 1. The molecule has 2 heterocycles. The first kappa shape index (κ1) is 15.1. The number of rotatable bonds is 6. The lowest BCUT2D eigenvalue weighted by atomic mass is 10.1. The van der Waals surface area contributed by atoms with Crippen molar-refractivity contribution < 1.29 is 33.6 Å². The summed E-state index contributed by atoms with van der Waals surface area (Å²) < 4.78 is 14.6. The van der Waals surface area contributed by atoms with E-state index in [4.69, 9.17) is 24.0 Å². The van der Waals surface area contributed by atoms with Crippen LogP contribution in [0, 0.1) is 5.92 Å². The molecule has 0 saturated carbocycles. The molecule has 1 N–H and O–H groups in total. The molecule has 0 radical (unpaired) electrons. The van der Waals surface area contributed by atoms with Gasteiger partial charge in [-0.3, -0.25) is 9.80 Å². The number of nitrogens with zero attached hydrogens (tertiary/aromatic N) is 3. The van der Waals surface area contributed by atoms with Gasteiger partial charge >= 0.3 is 12.1 Å². The quantitative estimate of drug-likeness (QED) is 0.589. The Balaban J connectivity index is 1.74. The largest absolute Gasteiger partial charge is 0.511 e. The molecule has 0 spiro atoms. The predicted octanol–water partition coefficient (Wildman–Crippen LogP) is 0.261. The Hall–Kier alpha value is -2.26. The molecule has 1 saturated heterocycles. The van der Waals surface area contributed by atoms with E-state index in [1.165, 1.54) is 11.9 Å². The lowest BCUT2D eigenvalue weighted by molar-refractivity contribution is -0.141. The molecule has 1 aliphatic heterocycles. The highest BCUT2D eigenvalue weighted by molar-refractivity contribution is 5.71. The highest BCUT2D eigenvalue weighted by atomic mass is 17.0. The highest BCUT2D eigenvalue weighted by Gasteiger charge is 2.34. The molecule has 0 aromatic carbocycles. The summed E-state index contributed by atoms with van der Waals surface area (Å²) in [7, 11) is 0. The number of aromatic nitrogens is 2. The second kappa shape index (κ2) is 6.02. The van der Waals surface area contributed by atoms with Crippen molar-refractivity contribution >= 4 is 12.1 Å². The normalized spacial score (nSPS) is 19.8. The number of carboxylic acids is 1. The molecule has 120 valence electrons. The van der Waals surface area contributed by atoms with E-state index in [-0.39, 0.29) is 6.10 Å². The number of aliphatic carboxylic acids is 1. The van der Waals surface area contributed by atoms with Crippen molar-refractivity contribution in [1.82, 2.24) is 9.98 Å². The molecule has 1 aromatic rings. The third-order valence-electron chi connectivity index (χ3n) is 2.85. The number of ether oxygens (including phenoxy) is 2. The lowest BCUT2D eigenvalue weighted by Crippen LogP contribution is -2.34. The first-order valence-corrected chi connectivity index (χ1v) is 6.66. The van der Waals surface area contributed by atoms with Crippen molar-refractivity contribution in [3.63, 3.8) is 0 Å². The minimum Gasteiger partial charge on any atom is -0.481 e. The van der Waals surface area contributed by atoms with Crippen molar-refractivity contribution in [2.24, 2.45) is 5.92 Å². The average molecular weight is 305 g/mol. The zero-order chi connectivity index (χ0) is 15.6. The van der Waals surface area contributed by atoms with Crippen molar-refractivity contribution in [3.8, 4) is 0 Å². The molecular formula is C11H19N3O7. The second-order valence-electron chi connectivity index (χ2n) is 5.02. The summed E-state index contributed by atoms with van der Waals surface area (Å²) in [5, 5.41) is 11.6. The maximum atomic E-state index is 11.2. The maximum absolute atomic E-state index is 11.2. The smallest absolute Gasteiger partial charge is 0.481 e. The van der Waals surface area contributed by atoms with E-state index in [1.54, 1.807) is 18.9 Å². The third-order valence-corrected chi connectivity index (χ3v) is 2.85. The minimum absolute atomic E-state index is 0.281. The maximum Gasteiger partial charge on any atom is 0.511 e.